The van der Waals surface area contributed by atoms with Crippen LogP contribution < -0.4 is 20.3 Å². The lowest BCUT2D eigenvalue weighted by molar-refractivity contribution is 0.0939. The molecular formula is C25H36N4O3S. The lowest BCUT2D eigenvalue weighted by Crippen LogP contribution is -2.44. The van der Waals surface area contributed by atoms with Crippen molar-refractivity contribution in [2.24, 2.45) is 0 Å². The van der Waals surface area contributed by atoms with Crippen molar-refractivity contribution in [1.82, 2.24) is 10.6 Å². The molecule has 2 aromatic carbocycles. The van der Waals surface area contributed by atoms with Crippen molar-refractivity contribution in [2.45, 2.75) is 57.4 Å². The van der Waals surface area contributed by atoms with Crippen LogP contribution in [-0.2, 0) is 15.4 Å². The average molecular weight is 473 g/mol. The van der Waals surface area contributed by atoms with Crippen LogP contribution in [0.3, 0.4) is 0 Å². The van der Waals surface area contributed by atoms with Gasteiger partial charge in [0.25, 0.3) is 15.9 Å². The van der Waals surface area contributed by atoms with Gasteiger partial charge in [-0.25, -0.2) is 8.42 Å². The van der Waals surface area contributed by atoms with E-state index in [1.807, 2.05) is 32.0 Å². The van der Waals surface area contributed by atoms with Crippen molar-refractivity contribution in [2.75, 3.05) is 35.8 Å². The third-order valence-corrected chi connectivity index (χ3v) is 7.37. The van der Waals surface area contributed by atoms with Crippen LogP contribution in [0.25, 0.3) is 0 Å². The van der Waals surface area contributed by atoms with E-state index in [4.69, 9.17) is 0 Å². The molecule has 1 aliphatic rings. The van der Waals surface area contributed by atoms with E-state index in [-0.39, 0.29) is 22.3 Å². The van der Waals surface area contributed by atoms with Crippen molar-refractivity contribution in [3.63, 3.8) is 0 Å². The zero-order valence-corrected chi connectivity index (χ0v) is 21.1. The first-order valence-corrected chi connectivity index (χ1v) is 13.0. The standard InChI is InChI=1S/C25H36N4O3S/c1-6-18(2)27-24(30)22-17-20(9-12-23(22)29-15-13-26-14-16-29)28-33(31,32)21-10-7-19(8-11-21)25(3,4)5/h7-12,17-18,26,28H,6,13-16H2,1-5H3,(H,27,30)/t18-/m1/s1. The zero-order chi connectivity index (χ0) is 24.2. The van der Waals surface area contributed by atoms with Crippen molar-refractivity contribution < 1.29 is 13.2 Å². The monoisotopic (exact) mass is 472 g/mol. The third-order valence-electron chi connectivity index (χ3n) is 5.97. The minimum Gasteiger partial charge on any atom is -0.368 e. The third kappa shape index (κ3) is 6.26. The van der Waals surface area contributed by atoms with Crippen molar-refractivity contribution >= 4 is 27.3 Å². The molecule has 0 saturated carbocycles. The van der Waals surface area contributed by atoms with Gasteiger partial charge in [0.15, 0.2) is 0 Å². The smallest absolute Gasteiger partial charge is 0.261 e. The van der Waals surface area contributed by atoms with Gasteiger partial charge in [-0.2, -0.15) is 0 Å². The summed E-state index contributed by atoms with van der Waals surface area (Å²) in [4.78, 5) is 15.4. The molecule has 180 valence electrons. The predicted molar refractivity (Wildman–Crippen MR) is 135 cm³/mol. The molecule has 7 nitrogen and oxygen atoms in total. The number of sulfonamides is 1. The molecular weight excluding hydrogens is 436 g/mol. The van der Waals surface area contributed by atoms with E-state index in [1.54, 1.807) is 24.3 Å². The lowest BCUT2D eigenvalue weighted by atomic mass is 9.87. The summed E-state index contributed by atoms with van der Waals surface area (Å²) in [6, 6.07) is 12.1. The molecule has 8 heteroatoms. The predicted octanol–water partition coefficient (Wildman–Crippen LogP) is 3.72. The van der Waals surface area contributed by atoms with Crippen LogP contribution in [0.15, 0.2) is 47.4 Å². The maximum atomic E-state index is 13.1. The summed E-state index contributed by atoms with van der Waals surface area (Å²) in [5.41, 5.74) is 2.65. The Balaban J connectivity index is 1.90. The highest BCUT2D eigenvalue weighted by atomic mass is 32.2. The highest BCUT2D eigenvalue weighted by Gasteiger charge is 2.22. The van der Waals surface area contributed by atoms with Gasteiger partial charge in [-0.05, 0) is 54.7 Å². The maximum Gasteiger partial charge on any atom is 0.261 e. The van der Waals surface area contributed by atoms with Gasteiger partial charge in [-0.15, -0.1) is 0 Å². The Hall–Kier alpha value is -2.58. The van der Waals surface area contributed by atoms with E-state index in [2.05, 4.69) is 41.0 Å². The van der Waals surface area contributed by atoms with Gasteiger partial charge in [-0.1, -0.05) is 39.8 Å². The lowest BCUT2D eigenvalue weighted by Gasteiger charge is -2.31. The van der Waals surface area contributed by atoms with Gasteiger partial charge >= 0.3 is 0 Å². The van der Waals surface area contributed by atoms with Gasteiger partial charge in [0.1, 0.15) is 0 Å². The molecule has 1 atom stereocenters. The number of nitrogens with zero attached hydrogens (tertiary/aromatic N) is 1. The van der Waals surface area contributed by atoms with Gasteiger partial charge in [0.2, 0.25) is 0 Å². The SMILES string of the molecule is CC[C@@H](C)NC(=O)c1cc(NS(=O)(=O)c2ccc(C(C)(C)C)cc2)ccc1N1CCNCC1. The highest BCUT2D eigenvalue weighted by Crippen LogP contribution is 2.28. The summed E-state index contributed by atoms with van der Waals surface area (Å²) in [5.74, 6) is -0.200. The van der Waals surface area contributed by atoms with Crippen molar-refractivity contribution in [1.29, 1.82) is 0 Å². The molecule has 1 heterocycles. The molecule has 0 unspecified atom stereocenters. The Morgan fingerprint density at radius 3 is 2.30 bits per heavy atom. The molecule has 0 bridgehead atoms. The normalized spacial score (nSPS) is 15.7. The molecule has 1 amide bonds. The minimum absolute atomic E-state index is 0.0232. The second kappa shape index (κ2) is 10.1. The van der Waals surface area contributed by atoms with Crippen molar-refractivity contribution in [3.05, 3.63) is 53.6 Å². The largest absolute Gasteiger partial charge is 0.368 e. The number of rotatable bonds is 7. The van der Waals surface area contributed by atoms with Crippen LogP contribution in [0.5, 0.6) is 0 Å². The summed E-state index contributed by atoms with van der Waals surface area (Å²) in [6.07, 6.45) is 0.811. The first-order valence-electron chi connectivity index (χ1n) is 11.5. The number of hydrogen-bond acceptors (Lipinski definition) is 5. The zero-order valence-electron chi connectivity index (χ0n) is 20.2. The molecule has 3 rings (SSSR count). The molecule has 0 spiro atoms. The summed E-state index contributed by atoms with van der Waals surface area (Å²) in [7, 11) is -3.79. The summed E-state index contributed by atoms with van der Waals surface area (Å²) >= 11 is 0. The molecule has 3 N–H and O–H groups in total. The number of carbonyl (C=O) groups excluding carboxylic acids is 1. The number of piperazine rings is 1. The van der Waals surface area contributed by atoms with Gasteiger partial charge in [0.05, 0.1) is 10.5 Å². The van der Waals surface area contributed by atoms with E-state index in [9.17, 15) is 13.2 Å². The number of hydrogen-bond donors (Lipinski definition) is 3. The fraction of sp³-hybridized carbons (Fsp3) is 0.480. The minimum atomic E-state index is -3.79. The molecule has 1 fully saturated rings. The number of carbonyl (C=O) groups is 1. The second-order valence-corrected chi connectivity index (χ2v) is 11.3. The average Bonchev–Trinajstić information content (AvgIpc) is 2.78. The topological polar surface area (TPSA) is 90.5 Å². The molecule has 0 radical (unpaired) electrons. The molecule has 0 aromatic heterocycles. The Kier molecular flexibility index (Phi) is 7.69. The van der Waals surface area contributed by atoms with Gasteiger partial charge in [-0.3, -0.25) is 9.52 Å². The first kappa shape index (κ1) is 25.1. The summed E-state index contributed by atoms with van der Waals surface area (Å²) < 4.78 is 28.7. The number of anilines is 2. The van der Waals surface area contributed by atoms with Crippen LogP contribution in [0.2, 0.25) is 0 Å². The molecule has 1 aliphatic heterocycles. The fourth-order valence-corrected chi connectivity index (χ4v) is 4.76. The fourth-order valence-electron chi connectivity index (χ4n) is 3.71. The maximum absolute atomic E-state index is 13.1. The van der Waals surface area contributed by atoms with Crippen LogP contribution in [0, 0.1) is 0 Å². The molecule has 1 saturated heterocycles. The van der Waals surface area contributed by atoms with Crippen LogP contribution >= 0.6 is 0 Å². The quantitative estimate of drug-likeness (QED) is 0.571. The Morgan fingerprint density at radius 1 is 1.09 bits per heavy atom. The summed E-state index contributed by atoms with van der Waals surface area (Å²) in [5, 5.41) is 6.32. The van der Waals surface area contributed by atoms with Crippen LogP contribution in [-0.4, -0.2) is 46.5 Å². The van der Waals surface area contributed by atoms with E-state index in [0.29, 0.717) is 11.3 Å². The van der Waals surface area contributed by atoms with E-state index in [1.165, 1.54) is 0 Å². The van der Waals surface area contributed by atoms with Gasteiger partial charge < -0.3 is 15.5 Å². The van der Waals surface area contributed by atoms with E-state index >= 15 is 0 Å². The highest BCUT2D eigenvalue weighted by molar-refractivity contribution is 7.92. The number of nitrogens with one attached hydrogen (secondary N) is 3. The second-order valence-electron chi connectivity index (χ2n) is 9.63. The Morgan fingerprint density at radius 2 is 1.73 bits per heavy atom. The van der Waals surface area contributed by atoms with E-state index in [0.717, 1.165) is 43.9 Å². The summed E-state index contributed by atoms with van der Waals surface area (Å²) in [6.45, 7) is 13.5. The number of benzene rings is 2. The van der Waals surface area contributed by atoms with Crippen LogP contribution in [0.1, 0.15) is 57.0 Å². The molecule has 33 heavy (non-hydrogen) atoms. The van der Waals surface area contributed by atoms with Crippen molar-refractivity contribution in [3.8, 4) is 0 Å². The molecule has 2 aromatic rings. The molecule has 0 aliphatic carbocycles. The van der Waals surface area contributed by atoms with E-state index < -0.39 is 10.0 Å². The Bertz CT molecular complexity index is 1070. The Labute approximate surface area is 198 Å². The first-order chi connectivity index (χ1) is 15.5. The number of amides is 1. The van der Waals surface area contributed by atoms with Crippen LogP contribution in [0.4, 0.5) is 11.4 Å². The van der Waals surface area contributed by atoms with Gasteiger partial charge in [0, 0.05) is 43.6 Å².